The second kappa shape index (κ2) is 13.9. The number of ether oxygens (including phenoxy) is 2. The summed E-state index contributed by atoms with van der Waals surface area (Å²) in [5, 5.41) is 1.03. The molecule has 2 aliphatic heterocycles. The first-order chi connectivity index (χ1) is 26.2. The fourth-order valence-electron chi connectivity index (χ4n) is 9.74. The molecule has 3 fully saturated rings. The lowest BCUT2D eigenvalue weighted by Crippen LogP contribution is -2.61. The van der Waals surface area contributed by atoms with Crippen LogP contribution in [0.1, 0.15) is 99.0 Å². The van der Waals surface area contributed by atoms with Crippen LogP contribution in [0.3, 0.4) is 0 Å². The highest BCUT2D eigenvalue weighted by molar-refractivity contribution is 7.89. The highest BCUT2D eigenvalue weighted by Crippen LogP contribution is 2.66. The van der Waals surface area contributed by atoms with Crippen molar-refractivity contribution in [3.8, 4) is 17.0 Å². The highest BCUT2D eigenvalue weighted by Gasteiger charge is 2.64. The van der Waals surface area contributed by atoms with Crippen molar-refractivity contribution in [1.29, 1.82) is 0 Å². The molecule has 12 heteroatoms. The standard InChI is InChI=1S/C43H52N4O7S/c1-42(2,3)54-41(50)45-20-21-46(36(25-45)27-12-8-6-9-13-27)40(49)43-24-34(43)33-23-30(53-4)17-19-31(33)38-37(28-14-10-7-11-15-28)32-18-16-29(22-35(32)47(38)26-43)39(48)44-55(5,51)52/h6,8-9,12,16-19,22-23,27-28,34,36H,7,10-11,13-15,20-21,24-26H2,1-5H3,(H,44,48)/t27?,34?,36-,43?/m0/s1. The van der Waals surface area contributed by atoms with Crippen LogP contribution < -0.4 is 9.46 Å². The van der Waals surface area contributed by atoms with E-state index in [4.69, 9.17) is 9.47 Å². The molecule has 3 heterocycles. The zero-order valence-electron chi connectivity index (χ0n) is 32.5. The van der Waals surface area contributed by atoms with E-state index in [2.05, 4.69) is 33.6 Å². The molecule has 2 aromatic carbocycles. The van der Waals surface area contributed by atoms with Crippen LogP contribution in [0.4, 0.5) is 4.79 Å². The van der Waals surface area contributed by atoms with Gasteiger partial charge in [-0.3, -0.25) is 9.59 Å². The van der Waals surface area contributed by atoms with Crippen LogP contribution in [0.5, 0.6) is 5.75 Å². The number of aromatic nitrogens is 1. The molecule has 11 nitrogen and oxygen atoms in total. The minimum Gasteiger partial charge on any atom is -0.497 e. The maximum atomic E-state index is 15.6. The number of nitrogens with one attached hydrogen (secondary N) is 1. The van der Waals surface area contributed by atoms with Crippen molar-refractivity contribution in [1.82, 2.24) is 19.1 Å². The number of carbonyl (C=O) groups is 3. The predicted molar refractivity (Wildman–Crippen MR) is 212 cm³/mol. The van der Waals surface area contributed by atoms with Crippen molar-refractivity contribution in [2.75, 3.05) is 33.0 Å². The first kappa shape index (κ1) is 37.3. The molecular weight excluding hydrogens is 717 g/mol. The van der Waals surface area contributed by atoms with Gasteiger partial charge in [0.2, 0.25) is 15.9 Å². The number of nitrogens with zero attached hydrogens (tertiary/aromatic N) is 3. The third-order valence-electron chi connectivity index (χ3n) is 12.3. The summed E-state index contributed by atoms with van der Waals surface area (Å²) in [6.45, 7) is 7.13. The molecule has 0 radical (unpaired) electrons. The maximum Gasteiger partial charge on any atom is 0.410 e. The molecule has 4 atom stereocenters. The number of hydrogen-bond acceptors (Lipinski definition) is 7. The summed E-state index contributed by atoms with van der Waals surface area (Å²) < 4.78 is 40.2. The molecule has 0 bridgehead atoms. The van der Waals surface area contributed by atoms with Gasteiger partial charge in [0.05, 0.1) is 30.5 Å². The lowest BCUT2D eigenvalue weighted by Gasteiger charge is -2.45. The molecule has 3 amide bonds. The van der Waals surface area contributed by atoms with E-state index in [0.717, 1.165) is 71.8 Å². The molecule has 8 rings (SSSR count). The van der Waals surface area contributed by atoms with Crippen LogP contribution in [-0.2, 0) is 26.1 Å². The van der Waals surface area contributed by atoms with E-state index < -0.39 is 26.9 Å². The van der Waals surface area contributed by atoms with Gasteiger partial charge in [-0.1, -0.05) is 49.6 Å². The van der Waals surface area contributed by atoms with Crippen LogP contribution in [0.2, 0.25) is 0 Å². The van der Waals surface area contributed by atoms with E-state index in [1.165, 1.54) is 12.0 Å². The Labute approximate surface area is 323 Å². The Morgan fingerprint density at radius 2 is 1.76 bits per heavy atom. The zero-order chi connectivity index (χ0) is 38.9. The summed E-state index contributed by atoms with van der Waals surface area (Å²) >= 11 is 0. The molecule has 5 aliphatic rings. The highest BCUT2D eigenvalue weighted by atomic mass is 32.2. The number of rotatable bonds is 6. The second-order valence-electron chi connectivity index (χ2n) is 17.2. The van der Waals surface area contributed by atoms with Gasteiger partial charge in [-0.15, -0.1) is 0 Å². The van der Waals surface area contributed by atoms with E-state index in [0.29, 0.717) is 38.5 Å². The summed E-state index contributed by atoms with van der Waals surface area (Å²) in [6.07, 6.45) is 15.9. The lowest BCUT2D eigenvalue weighted by atomic mass is 9.81. The molecule has 3 aromatic rings. The smallest absolute Gasteiger partial charge is 0.410 e. The normalized spacial score (nSPS) is 25.1. The Balaban J connectivity index is 1.26. The molecule has 0 spiro atoms. The number of amides is 3. The molecule has 3 unspecified atom stereocenters. The molecule has 1 saturated heterocycles. The molecule has 55 heavy (non-hydrogen) atoms. The van der Waals surface area contributed by atoms with Gasteiger partial charge in [0.15, 0.2) is 0 Å². The van der Waals surface area contributed by atoms with Crippen LogP contribution in [0, 0.1) is 11.3 Å². The Morgan fingerprint density at radius 3 is 2.45 bits per heavy atom. The van der Waals surface area contributed by atoms with E-state index in [1.807, 2.05) is 50.0 Å². The summed E-state index contributed by atoms with van der Waals surface area (Å²) in [5.74, 6) is 0.385. The van der Waals surface area contributed by atoms with Crippen molar-refractivity contribution < 1.29 is 32.3 Å². The van der Waals surface area contributed by atoms with Crippen LogP contribution in [0.25, 0.3) is 22.2 Å². The number of fused-ring (bicyclic) bond motifs is 7. The lowest BCUT2D eigenvalue weighted by molar-refractivity contribution is -0.144. The van der Waals surface area contributed by atoms with Crippen molar-refractivity contribution >= 4 is 38.8 Å². The van der Waals surface area contributed by atoms with Crippen molar-refractivity contribution in [2.24, 2.45) is 11.3 Å². The number of benzene rings is 2. The largest absolute Gasteiger partial charge is 0.497 e. The van der Waals surface area contributed by atoms with E-state index in [-0.39, 0.29) is 35.4 Å². The maximum absolute atomic E-state index is 15.6. The van der Waals surface area contributed by atoms with E-state index in [9.17, 15) is 18.0 Å². The van der Waals surface area contributed by atoms with Gasteiger partial charge in [0.25, 0.3) is 5.91 Å². The quantitative estimate of drug-likeness (QED) is 0.283. The zero-order valence-corrected chi connectivity index (χ0v) is 33.3. The average Bonchev–Trinajstić information content (AvgIpc) is 3.83. The number of methoxy groups -OCH3 is 1. The van der Waals surface area contributed by atoms with Crippen LogP contribution >= 0.6 is 0 Å². The topological polar surface area (TPSA) is 127 Å². The molecule has 3 aliphatic carbocycles. The summed E-state index contributed by atoms with van der Waals surface area (Å²) in [5.41, 5.74) is 4.12. The molecule has 2 saturated carbocycles. The minimum atomic E-state index is -3.79. The molecule has 1 N–H and O–H groups in total. The fourth-order valence-corrected chi connectivity index (χ4v) is 10.2. The van der Waals surface area contributed by atoms with Crippen LogP contribution in [-0.4, -0.2) is 85.3 Å². The van der Waals surface area contributed by atoms with Gasteiger partial charge >= 0.3 is 6.09 Å². The number of carbonyl (C=O) groups excluding carboxylic acids is 3. The summed E-state index contributed by atoms with van der Waals surface area (Å²) in [7, 11) is -2.12. The van der Waals surface area contributed by atoms with Crippen molar-refractivity contribution in [3.05, 3.63) is 77.4 Å². The number of allylic oxidation sites excluding steroid dienone is 3. The van der Waals surface area contributed by atoms with Crippen molar-refractivity contribution in [3.63, 3.8) is 0 Å². The molecular formula is C43H52N4O7S. The monoisotopic (exact) mass is 768 g/mol. The van der Waals surface area contributed by atoms with E-state index >= 15 is 4.79 Å². The van der Waals surface area contributed by atoms with Crippen molar-refractivity contribution in [2.45, 2.75) is 95.7 Å². The Bertz CT molecular complexity index is 2230. The van der Waals surface area contributed by atoms with Gasteiger partial charge < -0.3 is 23.8 Å². The molecule has 292 valence electrons. The van der Waals surface area contributed by atoms with Gasteiger partial charge in [-0.05, 0) is 93.8 Å². The Morgan fingerprint density at radius 1 is 0.982 bits per heavy atom. The first-order valence-corrected chi connectivity index (χ1v) is 21.6. The number of piperazine rings is 1. The summed E-state index contributed by atoms with van der Waals surface area (Å²) in [6, 6.07) is 11.5. The third-order valence-corrected chi connectivity index (χ3v) is 12.9. The third kappa shape index (κ3) is 6.95. The van der Waals surface area contributed by atoms with Gasteiger partial charge in [0, 0.05) is 60.0 Å². The van der Waals surface area contributed by atoms with Crippen LogP contribution in [0.15, 0.2) is 60.7 Å². The summed E-state index contributed by atoms with van der Waals surface area (Å²) in [4.78, 5) is 46.0. The fraction of sp³-hybridized carbons (Fsp3) is 0.512. The minimum absolute atomic E-state index is 0.0303. The number of sulfonamides is 1. The number of hydrogen-bond donors (Lipinski definition) is 1. The first-order valence-electron chi connectivity index (χ1n) is 19.7. The SMILES string of the molecule is COc1ccc2c(c1)C1CC1(C(=O)N1CCN(C(=O)OC(C)(C)C)C[C@H]1C1C=CC=CC1)Cn1c-2c(C2CCCCC2)c2ccc(C(=O)NS(C)(=O)=O)cc21. The van der Waals surface area contributed by atoms with Gasteiger partial charge in [-0.25, -0.2) is 17.9 Å². The van der Waals surface area contributed by atoms with Gasteiger partial charge in [-0.2, -0.15) is 0 Å². The Kier molecular flexibility index (Phi) is 9.41. The molecule has 1 aromatic heterocycles. The Hall–Kier alpha value is -4.58. The predicted octanol–water partition coefficient (Wildman–Crippen LogP) is 7.12. The van der Waals surface area contributed by atoms with Gasteiger partial charge in [0.1, 0.15) is 11.4 Å². The van der Waals surface area contributed by atoms with E-state index in [1.54, 1.807) is 24.1 Å². The average molecular weight is 769 g/mol. The second-order valence-corrected chi connectivity index (χ2v) is 18.9.